The molecule has 0 fully saturated rings. The van der Waals surface area contributed by atoms with Crippen LogP contribution >= 0.6 is 0 Å². The minimum atomic E-state index is -0.302. The number of imidazole rings is 1. The molecule has 3 aromatic rings. The number of aryl methyl sites for hydroxylation is 1. The standard InChI is InChI=1S/C21H27N5O3/c1-4-5-6-7-11-26-19(27)17-18(23(2)21(26)28)22-20-24(12-13-25(17)20)15-9-8-10-16(14-15)29-3/h8-10,14H,4-7,11-13H2,1-3H3. The summed E-state index contributed by atoms with van der Waals surface area (Å²) >= 11 is 0. The number of rotatable bonds is 7. The molecule has 1 aliphatic rings. The number of hydrogen-bond acceptors (Lipinski definition) is 5. The predicted octanol–water partition coefficient (Wildman–Crippen LogP) is 2.64. The molecule has 1 aromatic carbocycles. The van der Waals surface area contributed by atoms with Crippen molar-refractivity contribution in [3.05, 3.63) is 45.1 Å². The molecule has 0 N–H and O–H groups in total. The van der Waals surface area contributed by atoms with Crippen LogP contribution in [-0.4, -0.2) is 32.3 Å². The summed E-state index contributed by atoms with van der Waals surface area (Å²) in [6.07, 6.45) is 4.06. The fourth-order valence-electron chi connectivity index (χ4n) is 3.99. The van der Waals surface area contributed by atoms with Crippen LogP contribution in [0.1, 0.15) is 32.6 Å². The molecule has 8 nitrogen and oxygen atoms in total. The largest absolute Gasteiger partial charge is 0.497 e. The quantitative estimate of drug-likeness (QED) is 0.573. The Kier molecular flexibility index (Phi) is 5.17. The summed E-state index contributed by atoms with van der Waals surface area (Å²) in [6, 6.07) is 7.75. The van der Waals surface area contributed by atoms with Crippen molar-refractivity contribution in [2.75, 3.05) is 18.6 Å². The second-order valence-corrected chi connectivity index (χ2v) is 7.45. The van der Waals surface area contributed by atoms with Crippen molar-refractivity contribution in [1.29, 1.82) is 0 Å². The Hall–Kier alpha value is -3.03. The van der Waals surface area contributed by atoms with Crippen molar-refractivity contribution in [3.63, 3.8) is 0 Å². The molecular weight excluding hydrogens is 370 g/mol. The third-order valence-electron chi connectivity index (χ3n) is 5.60. The number of benzene rings is 1. The van der Waals surface area contributed by atoms with Gasteiger partial charge < -0.3 is 14.2 Å². The highest BCUT2D eigenvalue weighted by Crippen LogP contribution is 2.33. The first-order chi connectivity index (χ1) is 14.1. The van der Waals surface area contributed by atoms with E-state index in [0.29, 0.717) is 36.7 Å². The number of anilines is 2. The maximum absolute atomic E-state index is 13.2. The van der Waals surface area contributed by atoms with Gasteiger partial charge in [0, 0.05) is 38.4 Å². The number of fused-ring (bicyclic) bond motifs is 3. The van der Waals surface area contributed by atoms with E-state index in [0.717, 1.165) is 37.1 Å². The number of ether oxygens (including phenoxy) is 1. The van der Waals surface area contributed by atoms with E-state index in [2.05, 4.69) is 16.8 Å². The molecule has 0 saturated heterocycles. The lowest BCUT2D eigenvalue weighted by atomic mass is 10.2. The van der Waals surface area contributed by atoms with E-state index in [1.807, 2.05) is 28.8 Å². The van der Waals surface area contributed by atoms with Gasteiger partial charge in [-0.3, -0.25) is 13.9 Å². The molecule has 0 bridgehead atoms. The van der Waals surface area contributed by atoms with E-state index in [1.54, 1.807) is 14.2 Å². The molecule has 4 rings (SSSR count). The van der Waals surface area contributed by atoms with Crippen LogP contribution in [0.25, 0.3) is 11.2 Å². The Bertz CT molecular complexity index is 1160. The van der Waals surface area contributed by atoms with Crippen LogP contribution in [0, 0.1) is 0 Å². The molecule has 154 valence electrons. The summed E-state index contributed by atoms with van der Waals surface area (Å²) in [6.45, 7) is 3.94. The summed E-state index contributed by atoms with van der Waals surface area (Å²) in [5.74, 6) is 1.45. The zero-order valence-corrected chi connectivity index (χ0v) is 17.2. The summed E-state index contributed by atoms with van der Waals surface area (Å²) < 4.78 is 10.1. The van der Waals surface area contributed by atoms with Crippen molar-refractivity contribution < 1.29 is 4.74 Å². The highest BCUT2D eigenvalue weighted by molar-refractivity contribution is 5.77. The third kappa shape index (κ3) is 3.22. The number of methoxy groups -OCH3 is 1. The Labute approximate surface area is 169 Å². The van der Waals surface area contributed by atoms with Crippen molar-refractivity contribution >= 4 is 22.8 Å². The topological polar surface area (TPSA) is 74.3 Å². The number of nitrogens with zero attached hydrogens (tertiary/aromatic N) is 5. The molecular formula is C21H27N5O3. The number of hydrogen-bond donors (Lipinski definition) is 0. The lowest BCUT2D eigenvalue weighted by Gasteiger charge is -2.16. The Balaban J connectivity index is 1.79. The van der Waals surface area contributed by atoms with Gasteiger partial charge in [-0.05, 0) is 18.6 Å². The Morgan fingerprint density at radius 2 is 1.97 bits per heavy atom. The second-order valence-electron chi connectivity index (χ2n) is 7.45. The summed E-state index contributed by atoms with van der Waals surface area (Å²) in [5.41, 5.74) is 1.34. The van der Waals surface area contributed by atoms with Gasteiger partial charge in [0.05, 0.1) is 7.11 Å². The third-order valence-corrected chi connectivity index (χ3v) is 5.60. The first-order valence-corrected chi connectivity index (χ1v) is 10.2. The van der Waals surface area contributed by atoms with Crippen molar-refractivity contribution in [1.82, 2.24) is 18.7 Å². The molecule has 8 heteroatoms. The molecule has 3 heterocycles. The van der Waals surface area contributed by atoms with Crippen LogP contribution in [0.3, 0.4) is 0 Å². The molecule has 0 spiro atoms. The maximum Gasteiger partial charge on any atom is 0.332 e. The van der Waals surface area contributed by atoms with Gasteiger partial charge in [-0.15, -0.1) is 0 Å². The number of unbranched alkanes of at least 4 members (excludes halogenated alkanes) is 3. The zero-order chi connectivity index (χ0) is 20.5. The van der Waals surface area contributed by atoms with Gasteiger partial charge in [0.1, 0.15) is 5.75 Å². The normalized spacial score (nSPS) is 13.3. The van der Waals surface area contributed by atoms with Gasteiger partial charge in [-0.25, -0.2) is 4.79 Å². The van der Waals surface area contributed by atoms with Gasteiger partial charge in [0.15, 0.2) is 11.2 Å². The first-order valence-electron chi connectivity index (χ1n) is 10.2. The van der Waals surface area contributed by atoms with Crippen molar-refractivity contribution in [3.8, 4) is 5.75 Å². The van der Waals surface area contributed by atoms with Gasteiger partial charge in [-0.2, -0.15) is 4.98 Å². The highest BCUT2D eigenvalue weighted by Gasteiger charge is 2.28. The Morgan fingerprint density at radius 3 is 2.72 bits per heavy atom. The average Bonchev–Trinajstić information content (AvgIpc) is 3.31. The van der Waals surface area contributed by atoms with Gasteiger partial charge >= 0.3 is 5.69 Å². The fraction of sp³-hybridized carbons (Fsp3) is 0.476. The van der Waals surface area contributed by atoms with E-state index in [9.17, 15) is 9.59 Å². The van der Waals surface area contributed by atoms with Crippen molar-refractivity contribution in [2.45, 2.75) is 45.7 Å². The second kappa shape index (κ2) is 7.77. The molecule has 0 amide bonds. The maximum atomic E-state index is 13.2. The van der Waals surface area contributed by atoms with Gasteiger partial charge in [0.2, 0.25) is 5.95 Å². The summed E-state index contributed by atoms with van der Waals surface area (Å²) in [7, 11) is 3.32. The summed E-state index contributed by atoms with van der Waals surface area (Å²) in [5, 5.41) is 0. The van der Waals surface area contributed by atoms with Crippen LogP contribution in [0.4, 0.5) is 11.6 Å². The molecule has 0 unspecified atom stereocenters. The lowest BCUT2D eigenvalue weighted by molar-refractivity contribution is 0.415. The minimum absolute atomic E-state index is 0.245. The van der Waals surface area contributed by atoms with E-state index in [1.165, 1.54) is 9.13 Å². The van der Waals surface area contributed by atoms with Gasteiger partial charge in [-0.1, -0.05) is 32.3 Å². The summed E-state index contributed by atoms with van der Waals surface area (Å²) in [4.78, 5) is 32.7. The molecule has 0 atom stereocenters. The zero-order valence-electron chi connectivity index (χ0n) is 17.2. The first kappa shape index (κ1) is 19.3. The molecule has 2 aromatic heterocycles. The van der Waals surface area contributed by atoms with Crippen LogP contribution in [0.15, 0.2) is 33.9 Å². The smallest absolute Gasteiger partial charge is 0.332 e. The lowest BCUT2D eigenvalue weighted by Crippen LogP contribution is -2.39. The fourth-order valence-corrected chi connectivity index (χ4v) is 3.99. The molecule has 0 radical (unpaired) electrons. The predicted molar refractivity (Wildman–Crippen MR) is 113 cm³/mol. The SMILES string of the molecule is CCCCCCn1c(=O)c2c(nc3n2CCN3c2cccc(OC)c2)n(C)c1=O. The molecule has 1 aliphatic heterocycles. The van der Waals surface area contributed by atoms with E-state index in [4.69, 9.17) is 4.74 Å². The minimum Gasteiger partial charge on any atom is -0.497 e. The van der Waals surface area contributed by atoms with Crippen molar-refractivity contribution in [2.24, 2.45) is 7.05 Å². The molecule has 0 saturated carbocycles. The van der Waals surface area contributed by atoms with E-state index < -0.39 is 0 Å². The average molecular weight is 397 g/mol. The van der Waals surface area contributed by atoms with E-state index in [-0.39, 0.29) is 11.2 Å². The van der Waals surface area contributed by atoms with Crippen LogP contribution in [0.2, 0.25) is 0 Å². The van der Waals surface area contributed by atoms with Crippen LogP contribution < -0.4 is 20.9 Å². The van der Waals surface area contributed by atoms with E-state index >= 15 is 0 Å². The Morgan fingerprint density at radius 1 is 1.14 bits per heavy atom. The molecule has 0 aliphatic carbocycles. The number of aromatic nitrogens is 4. The van der Waals surface area contributed by atoms with Gasteiger partial charge in [0.25, 0.3) is 5.56 Å². The molecule has 29 heavy (non-hydrogen) atoms. The van der Waals surface area contributed by atoms with Crippen LogP contribution in [0.5, 0.6) is 5.75 Å². The monoisotopic (exact) mass is 397 g/mol. The van der Waals surface area contributed by atoms with Crippen LogP contribution in [-0.2, 0) is 20.1 Å². The highest BCUT2D eigenvalue weighted by atomic mass is 16.5.